The van der Waals surface area contributed by atoms with Crippen LogP contribution in [-0.2, 0) is 0 Å². The lowest BCUT2D eigenvalue weighted by atomic mass is 10.0. The topological polar surface area (TPSA) is 32.3 Å². The zero-order chi connectivity index (χ0) is 18.9. The molecule has 0 radical (unpaired) electrons. The SMILES string of the molecule is C=CCCCCCCCCCCCCCCC1NC=C[N+]1(CC)CCO. The molecule has 1 aliphatic heterocycles. The number of nitrogens with one attached hydrogen (secondary N) is 1. The van der Waals surface area contributed by atoms with Gasteiger partial charge >= 0.3 is 0 Å². The van der Waals surface area contributed by atoms with Gasteiger partial charge in [-0.15, -0.1) is 6.58 Å². The average molecular weight is 366 g/mol. The van der Waals surface area contributed by atoms with Crippen molar-refractivity contribution >= 4 is 0 Å². The van der Waals surface area contributed by atoms with Crippen LogP contribution in [0.25, 0.3) is 0 Å². The number of unbranched alkanes of at least 4 members (excludes halogenated alkanes) is 12. The van der Waals surface area contributed by atoms with E-state index in [0.29, 0.717) is 6.17 Å². The highest BCUT2D eigenvalue weighted by molar-refractivity contribution is 4.84. The Kier molecular flexibility index (Phi) is 13.7. The van der Waals surface area contributed by atoms with Crippen LogP contribution in [0.3, 0.4) is 0 Å². The fourth-order valence-electron chi connectivity index (χ4n) is 4.19. The average Bonchev–Trinajstić information content (AvgIpc) is 3.05. The van der Waals surface area contributed by atoms with E-state index < -0.39 is 0 Å². The fraction of sp³-hybridized carbons (Fsp3) is 0.826. The number of hydrogen-bond acceptors (Lipinski definition) is 2. The van der Waals surface area contributed by atoms with Crippen LogP contribution in [0.4, 0.5) is 0 Å². The lowest BCUT2D eigenvalue weighted by molar-refractivity contribution is -0.900. The molecule has 152 valence electrons. The van der Waals surface area contributed by atoms with Gasteiger partial charge in [0.15, 0.2) is 6.17 Å². The summed E-state index contributed by atoms with van der Waals surface area (Å²) in [7, 11) is 0. The minimum atomic E-state index is 0.269. The van der Waals surface area contributed by atoms with Crippen LogP contribution in [0.15, 0.2) is 25.1 Å². The smallest absolute Gasteiger partial charge is 0.166 e. The minimum absolute atomic E-state index is 0.269. The van der Waals surface area contributed by atoms with Crippen molar-refractivity contribution in [2.45, 2.75) is 103 Å². The quantitative estimate of drug-likeness (QED) is 0.181. The normalized spacial score (nSPS) is 21.8. The molecule has 1 rings (SSSR count). The van der Waals surface area contributed by atoms with Gasteiger partial charge in [0, 0.05) is 6.42 Å². The molecule has 0 aromatic heterocycles. The van der Waals surface area contributed by atoms with Crippen molar-refractivity contribution in [3.63, 3.8) is 0 Å². The summed E-state index contributed by atoms with van der Waals surface area (Å²) in [5.41, 5.74) is 0. The van der Waals surface area contributed by atoms with Gasteiger partial charge in [-0.25, -0.2) is 0 Å². The van der Waals surface area contributed by atoms with Crippen LogP contribution < -0.4 is 5.32 Å². The molecular weight excluding hydrogens is 320 g/mol. The van der Waals surface area contributed by atoms with E-state index >= 15 is 0 Å². The second kappa shape index (κ2) is 15.3. The maximum Gasteiger partial charge on any atom is 0.166 e. The number of quaternary nitrogens is 1. The highest BCUT2D eigenvalue weighted by atomic mass is 16.3. The number of aliphatic hydroxyl groups is 1. The molecule has 0 fully saturated rings. The van der Waals surface area contributed by atoms with Gasteiger partial charge in [0.25, 0.3) is 0 Å². The van der Waals surface area contributed by atoms with Gasteiger partial charge in [-0.05, 0) is 26.2 Å². The molecule has 0 aromatic carbocycles. The van der Waals surface area contributed by atoms with Gasteiger partial charge in [0.05, 0.1) is 19.4 Å². The number of rotatable bonds is 18. The predicted molar refractivity (Wildman–Crippen MR) is 114 cm³/mol. The van der Waals surface area contributed by atoms with Gasteiger partial charge < -0.3 is 10.4 Å². The van der Waals surface area contributed by atoms with Crippen LogP contribution in [0.1, 0.15) is 96.8 Å². The Hall–Kier alpha value is -0.800. The Labute approximate surface area is 163 Å². The summed E-state index contributed by atoms with van der Waals surface area (Å²) in [6.07, 6.45) is 25.9. The van der Waals surface area contributed by atoms with Gasteiger partial charge in [0.1, 0.15) is 12.7 Å². The molecular formula is C23H45N2O+. The van der Waals surface area contributed by atoms with Gasteiger partial charge in [-0.2, -0.15) is 0 Å². The Balaban J connectivity index is 1.90. The van der Waals surface area contributed by atoms with Crippen molar-refractivity contribution in [2.75, 3.05) is 19.7 Å². The molecule has 1 aliphatic rings. The predicted octanol–water partition coefficient (Wildman–Crippen LogP) is 5.86. The van der Waals surface area contributed by atoms with Crippen LogP contribution in [0.2, 0.25) is 0 Å². The first-order valence-electron chi connectivity index (χ1n) is 11.3. The van der Waals surface area contributed by atoms with Crippen molar-refractivity contribution in [1.29, 1.82) is 0 Å². The highest BCUT2D eigenvalue weighted by Crippen LogP contribution is 2.23. The first-order valence-corrected chi connectivity index (χ1v) is 11.3. The van der Waals surface area contributed by atoms with E-state index in [9.17, 15) is 5.11 Å². The third kappa shape index (κ3) is 9.23. The number of nitrogens with zero attached hydrogens (tertiary/aromatic N) is 1. The zero-order valence-corrected chi connectivity index (χ0v) is 17.4. The first kappa shape index (κ1) is 23.2. The van der Waals surface area contributed by atoms with Gasteiger partial charge in [-0.3, -0.25) is 4.48 Å². The van der Waals surface area contributed by atoms with E-state index in [-0.39, 0.29) is 6.61 Å². The zero-order valence-electron chi connectivity index (χ0n) is 17.4. The van der Waals surface area contributed by atoms with Crippen molar-refractivity contribution in [2.24, 2.45) is 0 Å². The monoisotopic (exact) mass is 365 g/mol. The largest absolute Gasteiger partial charge is 0.390 e. The molecule has 0 saturated carbocycles. The van der Waals surface area contributed by atoms with E-state index in [1.54, 1.807) is 0 Å². The molecule has 3 heteroatoms. The van der Waals surface area contributed by atoms with E-state index in [2.05, 4.69) is 31.2 Å². The maximum atomic E-state index is 9.35. The van der Waals surface area contributed by atoms with E-state index in [1.165, 1.54) is 89.9 Å². The molecule has 1 heterocycles. The van der Waals surface area contributed by atoms with Crippen LogP contribution in [-0.4, -0.2) is 35.5 Å². The standard InChI is InChI=1S/C23H45N2O/c1-3-5-6-7-8-9-10-11-12-13-14-15-16-17-18-23-24-19-20-25(23,4-2)21-22-26/h3,19-20,23-24,26H,1,4-18,21-22H2,2H3/q+1. The van der Waals surface area contributed by atoms with E-state index in [4.69, 9.17) is 0 Å². The fourth-order valence-corrected chi connectivity index (χ4v) is 4.19. The van der Waals surface area contributed by atoms with Gasteiger partial charge in [0.2, 0.25) is 0 Å². The van der Waals surface area contributed by atoms with Crippen LogP contribution >= 0.6 is 0 Å². The van der Waals surface area contributed by atoms with Gasteiger partial charge in [-0.1, -0.05) is 70.3 Å². The molecule has 0 spiro atoms. The highest BCUT2D eigenvalue weighted by Gasteiger charge is 2.35. The Bertz CT molecular complexity index is 369. The summed E-state index contributed by atoms with van der Waals surface area (Å²) < 4.78 is 0.907. The summed E-state index contributed by atoms with van der Waals surface area (Å²) in [6, 6.07) is 0. The maximum absolute atomic E-state index is 9.35. The summed E-state index contributed by atoms with van der Waals surface area (Å²) >= 11 is 0. The van der Waals surface area contributed by atoms with Crippen molar-refractivity contribution < 1.29 is 9.59 Å². The molecule has 2 N–H and O–H groups in total. The van der Waals surface area contributed by atoms with Crippen molar-refractivity contribution in [3.05, 3.63) is 25.1 Å². The summed E-state index contributed by atoms with van der Waals surface area (Å²) in [6.45, 7) is 8.16. The lowest BCUT2D eigenvalue weighted by Crippen LogP contribution is -2.54. The van der Waals surface area contributed by atoms with Crippen LogP contribution in [0.5, 0.6) is 0 Å². The molecule has 0 saturated heterocycles. The molecule has 26 heavy (non-hydrogen) atoms. The molecule has 2 atom stereocenters. The second-order valence-electron chi connectivity index (χ2n) is 7.97. The number of allylic oxidation sites excluding steroid dienone is 1. The second-order valence-corrected chi connectivity index (χ2v) is 7.97. The third-order valence-electron chi connectivity index (χ3n) is 6.02. The molecule has 0 bridgehead atoms. The van der Waals surface area contributed by atoms with Crippen molar-refractivity contribution in [1.82, 2.24) is 5.32 Å². The number of likely N-dealkylation sites (N-methyl/N-ethyl adjacent to an activating group) is 1. The summed E-state index contributed by atoms with van der Waals surface area (Å²) in [4.78, 5) is 0. The molecule has 0 aromatic rings. The molecule has 3 nitrogen and oxygen atoms in total. The Morgan fingerprint density at radius 1 is 0.923 bits per heavy atom. The number of hydrogen-bond donors (Lipinski definition) is 2. The van der Waals surface area contributed by atoms with E-state index in [1.807, 2.05) is 6.08 Å². The lowest BCUT2D eigenvalue weighted by Gasteiger charge is -2.36. The van der Waals surface area contributed by atoms with E-state index in [0.717, 1.165) is 17.6 Å². The van der Waals surface area contributed by atoms with Crippen LogP contribution in [0, 0.1) is 0 Å². The molecule has 0 aliphatic carbocycles. The minimum Gasteiger partial charge on any atom is -0.390 e. The Morgan fingerprint density at radius 2 is 1.46 bits per heavy atom. The summed E-state index contributed by atoms with van der Waals surface area (Å²) in [5.74, 6) is 0. The third-order valence-corrected chi connectivity index (χ3v) is 6.02. The molecule has 0 amide bonds. The Morgan fingerprint density at radius 3 is 1.96 bits per heavy atom. The number of aliphatic hydroxyl groups excluding tert-OH is 1. The summed E-state index contributed by atoms with van der Waals surface area (Å²) in [5, 5.41) is 12.9. The first-order chi connectivity index (χ1) is 12.8. The molecule has 2 unspecified atom stereocenters. The van der Waals surface area contributed by atoms with Crippen molar-refractivity contribution in [3.8, 4) is 0 Å².